The van der Waals surface area contributed by atoms with Crippen LogP contribution in [0.15, 0.2) is 0 Å². The van der Waals surface area contributed by atoms with Crippen LogP contribution in [0.5, 0.6) is 0 Å². The van der Waals surface area contributed by atoms with Crippen molar-refractivity contribution in [2.75, 3.05) is 19.8 Å². The molecule has 1 saturated carbocycles. The van der Waals surface area contributed by atoms with E-state index in [0.29, 0.717) is 11.3 Å². The molecule has 0 bridgehead atoms. The highest BCUT2D eigenvalue weighted by Crippen LogP contribution is 2.48. The first-order chi connectivity index (χ1) is 8.93. The minimum atomic E-state index is -0.450. The molecular weight excluding hydrogens is 240 g/mol. The minimum absolute atomic E-state index is 0.0778. The van der Waals surface area contributed by atoms with Crippen molar-refractivity contribution < 1.29 is 14.6 Å². The molecule has 0 aromatic rings. The Labute approximate surface area is 116 Å². The second kappa shape index (κ2) is 4.71. The van der Waals surface area contributed by atoms with E-state index in [0.717, 1.165) is 64.8 Å². The van der Waals surface area contributed by atoms with Crippen molar-refractivity contribution in [2.24, 2.45) is 11.3 Å². The van der Waals surface area contributed by atoms with Crippen molar-refractivity contribution in [3.63, 3.8) is 0 Å². The van der Waals surface area contributed by atoms with Crippen LogP contribution in [0.1, 0.15) is 58.8 Å². The van der Waals surface area contributed by atoms with Crippen LogP contribution in [-0.2, 0) is 9.47 Å². The number of rotatable bonds is 1. The third-order valence-electron chi connectivity index (χ3n) is 5.79. The van der Waals surface area contributed by atoms with Crippen LogP contribution in [0.25, 0.3) is 0 Å². The average Bonchev–Trinajstić information content (AvgIpc) is 2.82. The summed E-state index contributed by atoms with van der Waals surface area (Å²) in [6.45, 7) is 6.98. The van der Waals surface area contributed by atoms with E-state index >= 15 is 0 Å². The van der Waals surface area contributed by atoms with Crippen LogP contribution in [0, 0.1) is 11.3 Å². The Morgan fingerprint density at radius 3 is 2.37 bits per heavy atom. The predicted molar refractivity (Wildman–Crippen MR) is 74.0 cm³/mol. The molecule has 3 aliphatic rings. The molecule has 0 radical (unpaired) electrons. The maximum atomic E-state index is 11.1. The Morgan fingerprint density at radius 2 is 1.74 bits per heavy atom. The standard InChI is InChI=1S/C16H28O3/c1-14(2)4-6-16(17,7-5-14)13-3-9-19-15(11-13)8-10-18-12-15/h13,17H,3-12H2,1-2H3. The average molecular weight is 268 g/mol. The van der Waals surface area contributed by atoms with E-state index < -0.39 is 5.60 Å². The van der Waals surface area contributed by atoms with Gasteiger partial charge in [0, 0.05) is 19.6 Å². The van der Waals surface area contributed by atoms with Gasteiger partial charge in [-0.05, 0) is 49.9 Å². The largest absolute Gasteiger partial charge is 0.390 e. The van der Waals surface area contributed by atoms with Crippen LogP contribution in [0.4, 0.5) is 0 Å². The Bertz CT molecular complexity index is 321. The molecule has 1 N–H and O–H groups in total. The van der Waals surface area contributed by atoms with Crippen LogP contribution in [-0.4, -0.2) is 36.1 Å². The number of hydrogen-bond acceptors (Lipinski definition) is 3. The van der Waals surface area contributed by atoms with Gasteiger partial charge in [0.25, 0.3) is 0 Å². The van der Waals surface area contributed by atoms with E-state index in [1.165, 1.54) is 0 Å². The number of ether oxygens (including phenoxy) is 2. The zero-order chi connectivity index (χ0) is 13.6. The van der Waals surface area contributed by atoms with Gasteiger partial charge >= 0.3 is 0 Å². The second-order valence-electron chi connectivity index (χ2n) is 7.79. The molecule has 0 amide bonds. The van der Waals surface area contributed by atoms with E-state index in [9.17, 15) is 5.11 Å². The summed E-state index contributed by atoms with van der Waals surface area (Å²) in [5, 5.41) is 11.1. The van der Waals surface area contributed by atoms with E-state index in [1.54, 1.807) is 0 Å². The molecule has 0 aromatic heterocycles. The summed E-state index contributed by atoms with van der Waals surface area (Å²) in [7, 11) is 0. The summed E-state index contributed by atoms with van der Waals surface area (Å²) < 4.78 is 11.5. The first-order valence-corrected chi connectivity index (χ1v) is 7.87. The molecule has 3 heteroatoms. The Kier molecular flexibility index (Phi) is 3.43. The first-order valence-electron chi connectivity index (χ1n) is 7.87. The zero-order valence-corrected chi connectivity index (χ0v) is 12.4. The van der Waals surface area contributed by atoms with Crippen molar-refractivity contribution >= 4 is 0 Å². The predicted octanol–water partition coefficient (Wildman–Crippen LogP) is 2.90. The monoisotopic (exact) mass is 268 g/mol. The van der Waals surface area contributed by atoms with Gasteiger partial charge in [0.1, 0.15) is 0 Å². The summed E-state index contributed by atoms with van der Waals surface area (Å²) in [5.41, 5.74) is -0.119. The van der Waals surface area contributed by atoms with Crippen LogP contribution >= 0.6 is 0 Å². The van der Waals surface area contributed by atoms with Crippen molar-refractivity contribution in [1.29, 1.82) is 0 Å². The van der Waals surface area contributed by atoms with Gasteiger partial charge in [-0.15, -0.1) is 0 Å². The van der Waals surface area contributed by atoms with Crippen molar-refractivity contribution in [1.82, 2.24) is 0 Å². The normalized spacial score (nSPS) is 41.5. The number of hydrogen-bond donors (Lipinski definition) is 1. The Hall–Kier alpha value is -0.120. The topological polar surface area (TPSA) is 38.7 Å². The summed E-state index contributed by atoms with van der Waals surface area (Å²) >= 11 is 0. The van der Waals surface area contributed by atoms with Crippen LogP contribution in [0.2, 0.25) is 0 Å². The van der Waals surface area contributed by atoms with Gasteiger partial charge in [0.2, 0.25) is 0 Å². The van der Waals surface area contributed by atoms with Gasteiger partial charge in [-0.1, -0.05) is 13.8 Å². The smallest absolute Gasteiger partial charge is 0.0940 e. The summed E-state index contributed by atoms with van der Waals surface area (Å²) in [5.74, 6) is 0.402. The first kappa shape index (κ1) is 13.8. The molecule has 2 heterocycles. The second-order valence-corrected chi connectivity index (χ2v) is 7.79. The van der Waals surface area contributed by atoms with E-state index in [2.05, 4.69) is 13.8 Å². The molecule has 1 spiro atoms. The molecule has 2 unspecified atom stereocenters. The highest BCUT2D eigenvalue weighted by molar-refractivity contribution is 5.00. The molecule has 3 rings (SSSR count). The van der Waals surface area contributed by atoms with Crippen LogP contribution < -0.4 is 0 Å². The molecule has 2 aliphatic heterocycles. The fraction of sp³-hybridized carbons (Fsp3) is 1.00. The van der Waals surface area contributed by atoms with Crippen LogP contribution in [0.3, 0.4) is 0 Å². The van der Waals surface area contributed by atoms with E-state index in [-0.39, 0.29) is 5.60 Å². The quantitative estimate of drug-likeness (QED) is 0.794. The van der Waals surface area contributed by atoms with E-state index in [1.807, 2.05) is 0 Å². The minimum Gasteiger partial charge on any atom is -0.390 e. The molecule has 2 saturated heterocycles. The van der Waals surface area contributed by atoms with E-state index in [4.69, 9.17) is 9.47 Å². The van der Waals surface area contributed by atoms with Crippen molar-refractivity contribution in [2.45, 2.75) is 70.0 Å². The van der Waals surface area contributed by atoms with Gasteiger partial charge in [-0.3, -0.25) is 0 Å². The lowest BCUT2D eigenvalue weighted by Crippen LogP contribution is -2.51. The Morgan fingerprint density at radius 1 is 1.00 bits per heavy atom. The Balaban J connectivity index is 1.68. The lowest BCUT2D eigenvalue weighted by Gasteiger charge is -2.49. The highest BCUT2D eigenvalue weighted by Gasteiger charge is 2.49. The lowest BCUT2D eigenvalue weighted by atomic mass is 9.63. The molecule has 3 nitrogen and oxygen atoms in total. The summed E-state index contributed by atoms with van der Waals surface area (Å²) in [6, 6.07) is 0. The maximum absolute atomic E-state index is 11.1. The zero-order valence-electron chi connectivity index (χ0n) is 12.4. The fourth-order valence-corrected chi connectivity index (χ4v) is 4.12. The molecule has 19 heavy (non-hydrogen) atoms. The third kappa shape index (κ3) is 2.70. The fourth-order valence-electron chi connectivity index (χ4n) is 4.12. The third-order valence-corrected chi connectivity index (χ3v) is 5.79. The van der Waals surface area contributed by atoms with Crippen molar-refractivity contribution in [3.8, 4) is 0 Å². The maximum Gasteiger partial charge on any atom is 0.0940 e. The molecule has 3 fully saturated rings. The number of aliphatic hydroxyl groups is 1. The SMILES string of the molecule is CC1(C)CCC(O)(C2CCOC3(CCOC3)C2)CC1. The molecule has 0 aromatic carbocycles. The molecule has 1 aliphatic carbocycles. The molecular formula is C16H28O3. The summed E-state index contributed by atoms with van der Waals surface area (Å²) in [6.07, 6.45) is 7.21. The lowest BCUT2D eigenvalue weighted by molar-refractivity contribution is -0.157. The van der Waals surface area contributed by atoms with Gasteiger partial charge in [0.05, 0.1) is 17.8 Å². The molecule has 2 atom stereocenters. The summed E-state index contributed by atoms with van der Waals surface area (Å²) in [4.78, 5) is 0. The van der Waals surface area contributed by atoms with Gasteiger partial charge < -0.3 is 14.6 Å². The molecule has 110 valence electrons. The highest BCUT2D eigenvalue weighted by atomic mass is 16.6. The van der Waals surface area contributed by atoms with Crippen molar-refractivity contribution in [3.05, 3.63) is 0 Å². The van der Waals surface area contributed by atoms with Gasteiger partial charge in [0.15, 0.2) is 0 Å². The van der Waals surface area contributed by atoms with Gasteiger partial charge in [-0.2, -0.15) is 0 Å². The van der Waals surface area contributed by atoms with Gasteiger partial charge in [-0.25, -0.2) is 0 Å².